The van der Waals surface area contributed by atoms with E-state index in [9.17, 15) is 4.39 Å². The van der Waals surface area contributed by atoms with E-state index < -0.39 is 5.82 Å². The number of aromatic nitrogens is 4. The quantitative estimate of drug-likeness (QED) is 0.677. The van der Waals surface area contributed by atoms with Gasteiger partial charge in [-0.3, -0.25) is 4.90 Å². The minimum Gasteiger partial charge on any atom is -0.351 e. The van der Waals surface area contributed by atoms with Gasteiger partial charge in [-0.1, -0.05) is 11.6 Å². The van der Waals surface area contributed by atoms with Crippen LogP contribution in [0.2, 0.25) is 5.02 Å². The summed E-state index contributed by atoms with van der Waals surface area (Å²) in [6.45, 7) is 4.04. The number of halogens is 2. The van der Waals surface area contributed by atoms with Crippen molar-refractivity contribution in [2.24, 2.45) is 0 Å². The van der Waals surface area contributed by atoms with Gasteiger partial charge >= 0.3 is 0 Å². The molecule has 8 heteroatoms. The Labute approximate surface area is 142 Å². The van der Waals surface area contributed by atoms with Crippen LogP contribution in [-0.4, -0.2) is 56.7 Å². The van der Waals surface area contributed by atoms with E-state index in [1.807, 2.05) is 0 Å². The van der Waals surface area contributed by atoms with Crippen LogP contribution in [-0.2, 0) is 0 Å². The van der Waals surface area contributed by atoms with Crippen molar-refractivity contribution in [1.82, 2.24) is 24.5 Å². The first kappa shape index (κ1) is 14.4. The Morgan fingerprint density at radius 2 is 2.12 bits per heavy atom. The predicted molar refractivity (Wildman–Crippen MR) is 90.1 cm³/mol. The number of anilines is 1. The smallest absolute Gasteiger partial charge is 0.199 e. The third-order valence-electron chi connectivity index (χ3n) is 5.11. The van der Waals surface area contributed by atoms with Gasteiger partial charge in [0.25, 0.3) is 0 Å². The van der Waals surface area contributed by atoms with Crippen LogP contribution in [0.5, 0.6) is 0 Å². The zero-order valence-corrected chi connectivity index (χ0v) is 13.7. The molecular formula is C16H16ClFN6. The van der Waals surface area contributed by atoms with Crippen molar-refractivity contribution in [1.29, 1.82) is 0 Å². The van der Waals surface area contributed by atoms with Crippen molar-refractivity contribution < 1.29 is 4.39 Å². The van der Waals surface area contributed by atoms with Crippen molar-refractivity contribution >= 4 is 34.1 Å². The SMILES string of the molecule is Fc1cc2nc(N3CCN4CCCC4C3)c3ncnn3c2cc1Cl. The van der Waals surface area contributed by atoms with Crippen LogP contribution >= 0.6 is 11.6 Å². The van der Waals surface area contributed by atoms with Crippen LogP contribution in [0.1, 0.15) is 12.8 Å². The average molecular weight is 347 g/mol. The number of hydrogen-bond acceptors (Lipinski definition) is 5. The van der Waals surface area contributed by atoms with Gasteiger partial charge in [0.1, 0.15) is 12.1 Å². The van der Waals surface area contributed by atoms with Crippen molar-refractivity contribution in [2.45, 2.75) is 18.9 Å². The van der Waals surface area contributed by atoms with E-state index in [4.69, 9.17) is 16.6 Å². The lowest BCUT2D eigenvalue weighted by molar-refractivity contribution is 0.230. The molecule has 0 bridgehead atoms. The highest BCUT2D eigenvalue weighted by Crippen LogP contribution is 2.29. The van der Waals surface area contributed by atoms with Crippen LogP contribution in [0.25, 0.3) is 16.7 Å². The number of hydrogen-bond donors (Lipinski definition) is 0. The summed E-state index contributed by atoms with van der Waals surface area (Å²) in [7, 11) is 0. The maximum absolute atomic E-state index is 13.9. The second-order valence-corrected chi connectivity index (χ2v) is 6.87. The lowest BCUT2D eigenvalue weighted by Crippen LogP contribution is -2.50. The molecule has 124 valence electrons. The van der Waals surface area contributed by atoms with Crippen molar-refractivity contribution in [3.63, 3.8) is 0 Å². The van der Waals surface area contributed by atoms with E-state index in [0.717, 1.165) is 25.5 Å². The molecular weight excluding hydrogens is 331 g/mol. The molecule has 0 N–H and O–H groups in total. The van der Waals surface area contributed by atoms with Crippen LogP contribution in [0.15, 0.2) is 18.5 Å². The van der Waals surface area contributed by atoms with Gasteiger partial charge in [-0.15, -0.1) is 0 Å². The highest BCUT2D eigenvalue weighted by Gasteiger charge is 2.32. The number of piperazine rings is 1. The van der Waals surface area contributed by atoms with Gasteiger partial charge in [-0.25, -0.2) is 18.9 Å². The number of fused-ring (bicyclic) bond motifs is 4. The fourth-order valence-corrected chi connectivity index (χ4v) is 4.07. The van der Waals surface area contributed by atoms with Crippen molar-refractivity contribution in [2.75, 3.05) is 31.1 Å². The topological polar surface area (TPSA) is 49.6 Å². The van der Waals surface area contributed by atoms with Gasteiger partial charge in [-0.2, -0.15) is 5.10 Å². The fraction of sp³-hybridized carbons (Fsp3) is 0.438. The molecule has 24 heavy (non-hydrogen) atoms. The summed E-state index contributed by atoms with van der Waals surface area (Å²) in [5.41, 5.74) is 1.90. The normalized spacial score (nSPS) is 21.8. The molecule has 0 amide bonds. The van der Waals surface area contributed by atoms with Crippen molar-refractivity contribution in [3.8, 4) is 0 Å². The van der Waals surface area contributed by atoms with E-state index in [0.29, 0.717) is 22.7 Å². The maximum atomic E-state index is 13.9. The molecule has 2 aliphatic heterocycles. The minimum atomic E-state index is -0.470. The maximum Gasteiger partial charge on any atom is 0.199 e. The van der Waals surface area contributed by atoms with Crippen LogP contribution in [0.3, 0.4) is 0 Å². The Bertz CT molecular complexity index is 941. The highest BCUT2D eigenvalue weighted by molar-refractivity contribution is 6.31. The van der Waals surface area contributed by atoms with Gasteiger partial charge in [0, 0.05) is 31.7 Å². The Balaban J connectivity index is 1.67. The highest BCUT2D eigenvalue weighted by atomic mass is 35.5. The molecule has 5 rings (SSSR count). The van der Waals surface area contributed by atoms with Crippen LogP contribution in [0.4, 0.5) is 10.2 Å². The molecule has 1 atom stereocenters. The molecule has 2 aromatic heterocycles. The number of benzene rings is 1. The van der Waals surface area contributed by atoms with Crippen molar-refractivity contribution in [3.05, 3.63) is 29.3 Å². The van der Waals surface area contributed by atoms with E-state index in [-0.39, 0.29) is 5.02 Å². The predicted octanol–water partition coefficient (Wildman–Crippen LogP) is 2.35. The Hall–Kier alpha value is -1.99. The number of nitrogens with zero attached hydrogens (tertiary/aromatic N) is 6. The van der Waals surface area contributed by atoms with E-state index >= 15 is 0 Å². The van der Waals surface area contributed by atoms with Gasteiger partial charge in [-0.05, 0) is 25.5 Å². The fourth-order valence-electron chi connectivity index (χ4n) is 3.92. The zero-order chi connectivity index (χ0) is 16.3. The minimum absolute atomic E-state index is 0.0634. The van der Waals surface area contributed by atoms with Gasteiger partial charge in [0.15, 0.2) is 11.5 Å². The Kier molecular flexibility index (Phi) is 3.14. The lowest BCUT2D eigenvalue weighted by atomic mass is 10.1. The molecule has 6 nitrogen and oxygen atoms in total. The summed E-state index contributed by atoms with van der Waals surface area (Å²) in [6, 6.07) is 3.49. The van der Waals surface area contributed by atoms with E-state index in [2.05, 4.69) is 19.9 Å². The molecule has 3 aromatic rings. The molecule has 1 unspecified atom stereocenters. The molecule has 0 aliphatic carbocycles. The third-order valence-corrected chi connectivity index (χ3v) is 5.40. The lowest BCUT2D eigenvalue weighted by Gasteiger charge is -2.38. The third kappa shape index (κ3) is 2.08. The van der Waals surface area contributed by atoms with Crippen LogP contribution < -0.4 is 4.90 Å². The first-order chi connectivity index (χ1) is 11.7. The first-order valence-corrected chi connectivity index (χ1v) is 8.56. The second-order valence-electron chi connectivity index (χ2n) is 6.46. The summed E-state index contributed by atoms with van der Waals surface area (Å²) in [5.74, 6) is 0.302. The van der Waals surface area contributed by atoms with Crippen LogP contribution in [0, 0.1) is 5.82 Å². The molecule has 2 aliphatic rings. The monoisotopic (exact) mass is 346 g/mol. The van der Waals surface area contributed by atoms with Gasteiger partial charge in [0.05, 0.1) is 16.1 Å². The largest absolute Gasteiger partial charge is 0.351 e. The Morgan fingerprint density at radius 1 is 1.21 bits per heavy atom. The molecule has 4 heterocycles. The molecule has 2 saturated heterocycles. The summed E-state index contributed by atoms with van der Waals surface area (Å²) in [4.78, 5) is 13.9. The zero-order valence-electron chi connectivity index (χ0n) is 13.0. The van der Waals surface area contributed by atoms with E-state index in [1.165, 1.54) is 31.8 Å². The molecule has 0 radical (unpaired) electrons. The molecule has 1 aromatic carbocycles. The Morgan fingerprint density at radius 3 is 3.04 bits per heavy atom. The first-order valence-electron chi connectivity index (χ1n) is 8.18. The summed E-state index contributed by atoms with van der Waals surface area (Å²) >= 11 is 5.92. The molecule has 0 spiro atoms. The van der Waals surface area contributed by atoms with Gasteiger partial charge < -0.3 is 4.90 Å². The summed E-state index contributed by atoms with van der Waals surface area (Å²) < 4.78 is 15.6. The summed E-state index contributed by atoms with van der Waals surface area (Å²) in [5, 5.41) is 4.35. The summed E-state index contributed by atoms with van der Waals surface area (Å²) in [6.07, 6.45) is 3.98. The standard InChI is InChI=1S/C16H16ClFN6/c17-11-6-14-13(7-12(11)18)21-16(15-19-9-20-24(14)15)23-5-4-22-3-1-2-10(22)8-23/h6-7,9-10H,1-5,8H2. The van der Waals surface area contributed by atoms with Gasteiger partial charge in [0.2, 0.25) is 0 Å². The van der Waals surface area contributed by atoms with E-state index in [1.54, 1.807) is 10.6 Å². The average Bonchev–Trinajstić information content (AvgIpc) is 3.23. The molecule has 2 fully saturated rings. The number of rotatable bonds is 1. The second kappa shape index (κ2) is 5.26. The molecule has 0 saturated carbocycles.